The van der Waals surface area contributed by atoms with Crippen LogP contribution in [0.15, 0.2) is 0 Å². The lowest BCUT2D eigenvalue weighted by atomic mass is 9.87. The number of hydrogen-bond acceptors (Lipinski definition) is 5. The molecule has 0 saturated carbocycles. The number of rotatable bonds is 4. The van der Waals surface area contributed by atoms with Gasteiger partial charge in [-0.3, -0.25) is 19.4 Å². The Labute approximate surface area is 135 Å². The van der Waals surface area contributed by atoms with Crippen molar-refractivity contribution in [2.24, 2.45) is 5.73 Å². The highest BCUT2D eigenvalue weighted by Crippen LogP contribution is 2.29. The highest BCUT2D eigenvalue weighted by atomic mass is 16.2. The summed E-state index contributed by atoms with van der Waals surface area (Å²) in [4.78, 5) is 41.9. The molecule has 0 unspecified atom stereocenters. The molecule has 8 nitrogen and oxygen atoms in total. The number of carbonyl (C=O) groups excluding carboxylic acids is 3. The van der Waals surface area contributed by atoms with Gasteiger partial charge in [-0.1, -0.05) is 0 Å². The van der Waals surface area contributed by atoms with Gasteiger partial charge in [0, 0.05) is 39.3 Å². The van der Waals surface area contributed by atoms with Crippen LogP contribution in [0.4, 0.5) is 4.79 Å². The third kappa shape index (κ3) is 3.05. The van der Waals surface area contributed by atoms with Gasteiger partial charge in [0.25, 0.3) is 5.91 Å². The molecule has 0 radical (unpaired) electrons. The molecule has 3 heterocycles. The summed E-state index contributed by atoms with van der Waals surface area (Å²) >= 11 is 0. The van der Waals surface area contributed by atoms with Gasteiger partial charge in [0.2, 0.25) is 5.91 Å². The first-order valence-electron chi connectivity index (χ1n) is 8.40. The standard InChI is InChI=1S/C15H25N5O3/c16-5-10-20-13(22)15(17-14(20)23)3-8-18(9-4-15)11-12(21)19-6-1-2-7-19/h1-11,16H2,(H,17,23). The number of nitrogens with zero attached hydrogens (tertiary/aromatic N) is 3. The quantitative estimate of drug-likeness (QED) is 0.644. The van der Waals surface area contributed by atoms with Crippen molar-refractivity contribution >= 4 is 17.8 Å². The largest absolute Gasteiger partial charge is 0.342 e. The topological polar surface area (TPSA) is 99.0 Å². The molecule has 8 heteroatoms. The van der Waals surface area contributed by atoms with Crippen LogP contribution in [-0.2, 0) is 9.59 Å². The second kappa shape index (κ2) is 6.45. The number of imide groups is 1. The molecule has 3 fully saturated rings. The van der Waals surface area contributed by atoms with Crippen molar-refractivity contribution in [1.82, 2.24) is 20.0 Å². The summed E-state index contributed by atoms with van der Waals surface area (Å²) in [6.07, 6.45) is 3.27. The van der Waals surface area contributed by atoms with Crippen molar-refractivity contribution in [2.75, 3.05) is 45.8 Å². The lowest BCUT2D eigenvalue weighted by Crippen LogP contribution is -2.56. The number of urea groups is 1. The fraction of sp³-hybridized carbons (Fsp3) is 0.800. The van der Waals surface area contributed by atoms with Crippen LogP contribution in [0, 0.1) is 0 Å². The Morgan fingerprint density at radius 1 is 1.13 bits per heavy atom. The summed E-state index contributed by atoms with van der Waals surface area (Å²) in [5.74, 6) is 0.00321. The zero-order valence-corrected chi connectivity index (χ0v) is 13.4. The Bertz CT molecular complexity index is 495. The SMILES string of the molecule is NCCN1C(=O)NC2(CCN(CC(=O)N3CCCC3)CC2)C1=O. The van der Waals surface area contributed by atoms with Crippen LogP contribution in [0.2, 0.25) is 0 Å². The number of nitrogens with two attached hydrogens (primary N) is 1. The van der Waals surface area contributed by atoms with Crippen LogP contribution in [0.5, 0.6) is 0 Å². The van der Waals surface area contributed by atoms with Crippen LogP contribution in [0.25, 0.3) is 0 Å². The molecular formula is C15H25N5O3. The van der Waals surface area contributed by atoms with E-state index in [0.29, 0.717) is 32.5 Å². The van der Waals surface area contributed by atoms with Crippen LogP contribution >= 0.6 is 0 Å². The molecule has 0 atom stereocenters. The zero-order chi connectivity index (χ0) is 16.4. The Morgan fingerprint density at radius 2 is 1.78 bits per heavy atom. The van der Waals surface area contributed by atoms with Gasteiger partial charge in [-0.15, -0.1) is 0 Å². The lowest BCUT2D eigenvalue weighted by molar-refractivity contribution is -0.134. The highest BCUT2D eigenvalue weighted by molar-refractivity contribution is 6.07. The number of carbonyl (C=O) groups is 3. The van der Waals surface area contributed by atoms with Crippen LogP contribution in [0.3, 0.4) is 0 Å². The molecule has 0 aliphatic carbocycles. The van der Waals surface area contributed by atoms with E-state index in [0.717, 1.165) is 25.9 Å². The summed E-state index contributed by atoms with van der Waals surface area (Å²) in [6, 6.07) is -0.345. The van der Waals surface area contributed by atoms with Gasteiger partial charge in [-0.2, -0.15) is 0 Å². The molecule has 3 aliphatic rings. The molecule has 3 aliphatic heterocycles. The fourth-order valence-electron chi connectivity index (χ4n) is 3.70. The van der Waals surface area contributed by atoms with E-state index in [1.165, 1.54) is 4.90 Å². The first-order chi connectivity index (χ1) is 11.1. The predicted octanol–water partition coefficient (Wildman–Crippen LogP) is -1.05. The van der Waals surface area contributed by atoms with Gasteiger partial charge < -0.3 is 16.0 Å². The third-order valence-corrected chi connectivity index (χ3v) is 5.13. The van der Waals surface area contributed by atoms with Gasteiger partial charge in [0.15, 0.2) is 0 Å². The average Bonchev–Trinajstić information content (AvgIpc) is 3.14. The minimum Gasteiger partial charge on any atom is -0.342 e. The van der Waals surface area contributed by atoms with Gasteiger partial charge >= 0.3 is 6.03 Å². The Balaban J connectivity index is 1.55. The molecule has 3 N–H and O–H groups in total. The van der Waals surface area contributed by atoms with Crippen LogP contribution in [-0.4, -0.2) is 83.9 Å². The fourth-order valence-corrected chi connectivity index (χ4v) is 3.70. The number of nitrogens with one attached hydrogen (secondary N) is 1. The highest BCUT2D eigenvalue weighted by Gasteiger charge is 2.52. The third-order valence-electron chi connectivity index (χ3n) is 5.13. The number of amides is 4. The van der Waals surface area contributed by atoms with Crippen molar-refractivity contribution in [1.29, 1.82) is 0 Å². The van der Waals surface area contributed by atoms with Gasteiger partial charge in [0.05, 0.1) is 6.54 Å². The lowest BCUT2D eigenvalue weighted by Gasteiger charge is -2.37. The maximum absolute atomic E-state index is 12.5. The van der Waals surface area contributed by atoms with E-state index in [2.05, 4.69) is 10.2 Å². The first-order valence-corrected chi connectivity index (χ1v) is 8.40. The second-order valence-electron chi connectivity index (χ2n) is 6.62. The number of piperidine rings is 1. The summed E-state index contributed by atoms with van der Waals surface area (Å²) in [6.45, 7) is 3.93. The molecule has 4 amide bonds. The van der Waals surface area contributed by atoms with Crippen molar-refractivity contribution in [3.05, 3.63) is 0 Å². The maximum Gasteiger partial charge on any atom is 0.325 e. The predicted molar refractivity (Wildman–Crippen MR) is 83.5 cm³/mol. The van der Waals surface area contributed by atoms with Crippen molar-refractivity contribution in [3.63, 3.8) is 0 Å². The maximum atomic E-state index is 12.5. The molecule has 128 valence electrons. The van der Waals surface area contributed by atoms with E-state index < -0.39 is 5.54 Å². The van der Waals surface area contributed by atoms with E-state index in [1.807, 2.05) is 4.90 Å². The molecular weight excluding hydrogens is 298 g/mol. The molecule has 0 aromatic heterocycles. The zero-order valence-electron chi connectivity index (χ0n) is 13.4. The van der Waals surface area contributed by atoms with E-state index in [4.69, 9.17) is 5.73 Å². The Kier molecular flexibility index (Phi) is 4.54. The Hall–Kier alpha value is -1.67. The molecule has 0 aromatic rings. The van der Waals surface area contributed by atoms with Crippen molar-refractivity contribution in [2.45, 2.75) is 31.2 Å². The molecule has 0 bridgehead atoms. The van der Waals surface area contributed by atoms with E-state index in [1.54, 1.807) is 0 Å². The molecule has 3 saturated heterocycles. The van der Waals surface area contributed by atoms with E-state index in [-0.39, 0.29) is 30.9 Å². The second-order valence-corrected chi connectivity index (χ2v) is 6.62. The summed E-state index contributed by atoms with van der Waals surface area (Å²) in [7, 11) is 0. The van der Waals surface area contributed by atoms with Gasteiger partial charge in [0.1, 0.15) is 5.54 Å². The van der Waals surface area contributed by atoms with Gasteiger partial charge in [-0.25, -0.2) is 4.79 Å². The van der Waals surface area contributed by atoms with Crippen molar-refractivity contribution < 1.29 is 14.4 Å². The minimum absolute atomic E-state index is 0.168. The Morgan fingerprint density at radius 3 is 2.39 bits per heavy atom. The number of hydrogen-bond donors (Lipinski definition) is 2. The first kappa shape index (κ1) is 16.2. The van der Waals surface area contributed by atoms with E-state index in [9.17, 15) is 14.4 Å². The number of likely N-dealkylation sites (tertiary alicyclic amines) is 2. The normalized spacial score (nSPS) is 24.6. The summed E-state index contributed by atoms with van der Waals surface area (Å²) < 4.78 is 0. The minimum atomic E-state index is -0.792. The van der Waals surface area contributed by atoms with Crippen LogP contribution in [0.1, 0.15) is 25.7 Å². The molecule has 0 aromatic carbocycles. The summed E-state index contributed by atoms with van der Waals surface area (Å²) in [5.41, 5.74) is 4.67. The monoisotopic (exact) mass is 323 g/mol. The molecule has 23 heavy (non-hydrogen) atoms. The average molecular weight is 323 g/mol. The van der Waals surface area contributed by atoms with Crippen molar-refractivity contribution in [3.8, 4) is 0 Å². The van der Waals surface area contributed by atoms with Gasteiger partial charge in [-0.05, 0) is 25.7 Å². The smallest absolute Gasteiger partial charge is 0.325 e. The van der Waals surface area contributed by atoms with E-state index >= 15 is 0 Å². The summed E-state index contributed by atoms with van der Waals surface area (Å²) in [5, 5.41) is 2.84. The van der Waals surface area contributed by atoms with Crippen LogP contribution < -0.4 is 11.1 Å². The molecule has 3 rings (SSSR count). The molecule has 1 spiro atoms.